The van der Waals surface area contributed by atoms with E-state index in [0.29, 0.717) is 17.9 Å². The third-order valence-electron chi connectivity index (χ3n) is 4.48. The third kappa shape index (κ3) is 3.43. The maximum atomic E-state index is 12.3. The van der Waals surface area contributed by atoms with E-state index in [4.69, 9.17) is 0 Å². The summed E-state index contributed by atoms with van der Waals surface area (Å²) in [5.74, 6) is -0.737. The van der Waals surface area contributed by atoms with Crippen LogP contribution >= 0.6 is 0 Å². The van der Waals surface area contributed by atoms with Gasteiger partial charge in [0.15, 0.2) is 0 Å². The van der Waals surface area contributed by atoms with Crippen LogP contribution in [0.5, 0.6) is 0 Å². The standard InChI is InChI=1S/C17H21NO3/c19-16(18-15(17(20)21)9-11-5-6-11)14-8-7-12-3-1-2-4-13(12)10-14/h7-8,10-11,15H,1-6,9H2,(H,18,19)(H,20,21). The Kier molecular flexibility index (Phi) is 3.95. The van der Waals surface area contributed by atoms with Crippen LogP contribution in [0, 0.1) is 5.92 Å². The van der Waals surface area contributed by atoms with Gasteiger partial charge in [-0.1, -0.05) is 18.9 Å². The van der Waals surface area contributed by atoms with E-state index < -0.39 is 12.0 Å². The third-order valence-corrected chi connectivity index (χ3v) is 4.48. The molecule has 1 unspecified atom stereocenters. The molecule has 0 aliphatic heterocycles. The molecule has 0 heterocycles. The van der Waals surface area contributed by atoms with Crippen LogP contribution in [-0.4, -0.2) is 23.0 Å². The first kappa shape index (κ1) is 14.1. The van der Waals surface area contributed by atoms with Crippen molar-refractivity contribution >= 4 is 11.9 Å². The Balaban J connectivity index is 1.70. The first-order valence-electron chi connectivity index (χ1n) is 7.79. The summed E-state index contributed by atoms with van der Waals surface area (Å²) < 4.78 is 0. The molecule has 3 rings (SSSR count). The Hall–Kier alpha value is -1.84. The van der Waals surface area contributed by atoms with E-state index in [1.54, 1.807) is 0 Å². The number of rotatable bonds is 5. The summed E-state index contributed by atoms with van der Waals surface area (Å²) in [6.07, 6.45) is 7.18. The highest BCUT2D eigenvalue weighted by Gasteiger charge is 2.30. The zero-order valence-corrected chi connectivity index (χ0v) is 12.1. The lowest BCUT2D eigenvalue weighted by atomic mass is 9.90. The highest BCUT2D eigenvalue weighted by molar-refractivity contribution is 5.96. The number of fused-ring (bicyclic) bond motifs is 1. The van der Waals surface area contributed by atoms with Gasteiger partial charge in [0, 0.05) is 5.56 Å². The second kappa shape index (κ2) is 5.88. The van der Waals surface area contributed by atoms with E-state index in [1.165, 1.54) is 17.5 Å². The highest BCUT2D eigenvalue weighted by Crippen LogP contribution is 2.33. The van der Waals surface area contributed by atoms with Crippen molar-refractivity contribution in [1.29, 1.82) is 0 Å². The van der Waals surface area contributed by atoms with Crippen molar-refractivity contribution < 1.29 is 14.7 Å². The van der Waals surface area contributed by atoms with E-state index in [9.17, 15) is 14.7 Å². The van der Waals surface area contributed by atoms with E-state index in [-0.39, 0.29) is 5.91 Å². The first-order chi connectivity index (χ1) is 10.1. The number of nitrogens with one attached hydrogen (secondary N) is 1. The first-order valence-corrected chi connectivity index (χ1v) is 7.79. The molecule has 1 amide bonds. The van der Waals surface area contributed by atoms with E-state index in [2.05, 4.69) is 5.32 Å². The molecule has 0 spiro atoms. The van der Waals surface area contributed by atoms with Gasteiger partial charge in [-0.05, 0) is 61.3 Å². The molecule has 4 heteroatoms. The number of hydrogen-bond donors (Lipinski definition) is 2. The molecule has 0 saturated heterocycles. The Labute approximate surface area is 124 Å². The van der Waals surface area contributed by atoms with Crippen LogP contribution in [-0.2, 0) is 17.6 Å². The van der Waals surface area contributed by atoms with Crippen molar-refractivity contribution in [2.24, 2.45) is 5.92 Å². The number of aryl methyl sites for hydroxylation is 2. The number of carbonyl (C=O) groups is 2. The summed E-state index contributed by atoms with van der Waals surface area (Å²) in [7, 11) is 0. The summed E-state index contributed by atoms with van der Waals surface area (Å²) in [6, 6.07) is 5.00. The number of amides is 1. The molecule has 0 radical (unpaired) electrons. The fraction of sp³-hybridized carbons (Fsp3) is 0.529. The second-order valence-corrected chi connectivity index (χ2v) is 6.23. The lowest BCUT2D eigenvalue weighted by Crippen LogP contribution is -2.41. The van der Waals surface area contributed by atoms with E-state index in [1.807, 2.05) is 18.2 Å². The SMILES string of the molecule is O=C(NC(CC1CC1)C(=O)O)c1ccc2c(c1)CCCC2. The maximum Gasteiger partial charge on any atom is 0.326 e. The summed E-state index contributed by atoms with van der Waals surface area (Å²) in [5, 5.41) is 11.9. The smallest absolute Gasteiger partial charge is 0.326 e. The van der Waals surface area contributed by atoms with Gasteiger partial charge in [0.1, 0.15) is 6.04 Å². The largest absolute Gasteiger partial charge is 0.480 e. The summed E-state index contributed by atoms with van der Waals surface area (Å²) in [6.45, 7) is 0. The minimum absolute atomic E-state index is 0.267. The van der Waals surface area contributed by atoms with Crippen LogP contribution in [0.4, 0.5) is 0 Å². The normalized spacial score (nSPS) is 18.7. The van der Waals surface area contributed by atoms with Gasteiger partial charge in [-0.25, -0.2) is 4.79 Å². The fourth-order valence-electron chi connectivity index (χ4n) is 3.02. The second-order valence-electron chi connectivity index (χ2n) is 6.23. The van der Waals surface area contributed by atoms with Crippen LogP contribution in [0.15, 0.2) is 18.2 Å². The molecule has 2 N–H and O–H groups in total. The zero-order chi connectivity index (χ0) is 14.8. The van der Waals surface area contributed by atoms with Crippen LogP contribution in [0.25, 0.3) is 0 Å². The van der Waals surface area contributed by atoms with Crippen molar-refractivity contribution in [2.75, 3.05) is 0 Å². The maximum absolute atomic E-state index is 12.3. The Morgan fingerprint density at radius 1 is 1.19 bits per heavy atom. The Morgan fingerprint density at radius 2 is 1.90 bits per heavy atom. The van der Waals surface area contributed by atoms with Crippen molar-refractivity contribution in [1.82, 2.24) is 5.32 Å². The molecule has 1 aromatic rings. The summed E-state index contributed by atoms with van der Waals surface area (Å²) >= 11 is 0. The van der Waals surface area contributed by atoms with Gasteiger partial charge >= 0.3 is 5.97 Å². The van der Waals surface area contributed by atoms with Crippen molar-refractivity contribution in [3.8, 4) is 0 Å². The predicted molar refractivity (Wildman–Crippen MR) is 79.3 cm³/mol. The van der Waals surface area contributed by atoms with Crippen molar-refractivity contribution in [3.63, 3.8) is 0 Å². The summed E-state index contributed by atoms with van der Waals surface area (Å²) in [4.78, 5) is 23.5. The molecule has 1 atom stereocenters. The molecule has 4 nitrogen and oxygen atoms in total. The molecular weight excluding hydrogens is 266 g/mol. The fourth-order valence-corrected chi connectivity index (χ4v) is 3.02. The van der Waals surface area contributed by atoms with Gasteiger partial charge in [0.25, 0.3) is 5.91 Å². The number of carbonyl (C=O) groups excluding carboxylic acids is 1. The van der Waals surface area contributed by atoms with Crippen molar-refractivity contribution in [2.45, 2.75) is 51.0 Å². The molecule has 21 heavy (non-hydrogen) atoms. The number of benzene rings is 1. The number of aliphatic carboxylic acids is 1. The number of hydrogen-bond acceptors (Lipinski definition) is 2. The molecule has 2 aliphatic rings. The van der Waals surface area contributed by atoms with E-state index >= 15 is 0 Å². The predicted octanol–water partition coefficient (Wildman–Crippen LogP) is 2.55. The molecule has 2 aliphatic carbocycles. The lowest BCUT2D eigenvalue weighted by molar-refractivity contribution is -0.139. The molecular formula is C17H21NO3. The van der Waals surface area contributed by atoms with Crippen LogP contribution in [0.2, 0.25) is 0 Å². The van der Waals surface area contributed by atoms with Crippen LogP contribution < -0.4 is 5.32 Å². The molecule has 112 valence electrons. The highest BCUT2D eigenvalue weighted by atomic mass is 16.4. The molecule has 0 aromatic heterocycles. The average Bonchev–Trinajstić information content (AvgIpc) is 3.30. The lowest BCUT2D eigenvalue weighted by Gasteiger charge is -2.18. The monoisotopic (exact) mass is 287 g/mol. The van der Waals surface area contributed by atoms with Crippen molar-refractivity contribution in [3.05, 3.63) is 34.9 Å². The van der Waals surface area contributed by atoms with Gasteiger partial charge in [0.05, 0.1) is 0 Å². The number of carboxylic acid groups (broad SMARTS) is 1. The van der Waals surface area contributed by atoms with Gasteiger partial charge in [0.2, 0.25) is 0 Å². The quantitative estimate of drug-likeness (QED) is 0.874. The van der Waals surface area contributed by atoms with Gasteiger partial charge in [-0.3, -0.25) is 4.79 Å². The van der Waals surface area contributed by atoms with Gasteiger partial charge in [-0.15, -0.1) is 0 Å². The Morgan fingerprint density at radius 3 is 2.57 bits per heavy atom. The van der Waals surface area contributed by atoms with Gasteiger partial charge in [-0.2, -0.15) is 0 Å². The number of carboxylic acids is 1. The summed E-state index contributed by atoms with van der Waals surface area (Å²) in [5.41, 5.74) is 3.14. The Bertz CT molecular complexity index is 563. The topological polar surface area (TPSA) is 66.4 Å². The minimum Gasteiger partial charge on any atom is -0.480 e. The van der Waals surface area contributed by atoms with Crippen LogP contribution in [0.1, 0.15) is 53.6 Å². The minimum atomic E-state index is -0.937. The zero-order valence-electron chi connectivity index (χ0n) is 12.1. The molecule has 1 fully saturated rings. The molecule has 1 saturated carbocycles. The van der Waals surface area contributed by atoms with E-state index in [0.717, 1.165) is 32.1 Å². The molecule has 1 aromatic carbocycles. The van der Waals surface area contributed by atoms with Crippen LogP contribution in [0.3, 0.4) is 0 Å². The average molecular weight is 287 g/mol. The molecule has 0 bridgehead atoms. The van der Waals surface area contributed by atoms with Gasteiger partial charge < -0.3 is 10.4 Å².